The fourth-order valence-corrected chi connectivity index (χ4v) is 5.67. The SMILES string of the molecule is [O-][S+]1CCC(Oc2ccn3ncnc(Nc4ccc5c(cnn5Cc5cccc(F)c5)c4)c23)CC1. The smallest absolute Gasteiger partial charge is 0.162 e. The van der Waals surface area contributed by atoms with Crippen LogP contribution in [0.15, 0.2) is 67.3 Å². The van der Waals surface area contributed by atoms with Gasteiger partial charge >= 0.3 is 0 Å². The van der Waals surface area contributed by atoms with Crippen molar-refractivity contribution >= 4 is 39.1 Å². The molecular formula is C25H23FN6O2S. The first-order valence-corrected chi connectivity index (χ1v) is 12.9. The van der Waals surface area contributed by atoms with Gasteiger partial charge in [-0.15, -0.1) is 0 Å². The molecule has 0 saturated carbocycles. The lowest BCUT2D eigenvalue weighted by Crippen LogP contribution is -2.30. The van der Waals surface area contributed by atoms with E-state index in [4.69, 9.17) is 4.74 Å². The fourth-order valence-electron chi connectivity index (χ4n) is 4.42. The molecule has 35 heavy (non-hydrogen) atoms. The van der Waals surface area contributed by atoms with Gasteiger partial charge in [0.25, 0.3) is 0 Å². The Hall–Kier alpha value is -3.63. The van der Waals surface area contributed by atoms with Crippen LogP contribution < -0.4 is 10.1 Å². The van der Waals surface area contributed by atoms with Gasteiger partial charge in [-0.3, -0.25) is 4.68 Å². The molecule has 2 aromatic carbocycles. The molecule has 0 bridgehead atoms. The molecule has 0 atom stereocenters. The van der Waals surface area contributed by atoms with Gasteiger partial charge in [0.15, 0.2) is 11.6 Å². The second-order valence-electron chi connectivity index (χ2n) is 8.58. The van der Waals surface area contributed by atoms with Crippen molar-refractivity contribution in [3.8, 4) is 5.75 Å². The molecular weight excluding hydrogens is 467 g/mol. The highest BCUT2D eigenvalue weighted by atomic mass is 32.2. The summed E-state index contributed by atoms with van der Waals surface area (Å²) in [5, 5.41) is 13.1. The van der Waals surface area contributed by atoms with E-state index in [-0.39, 0.29) is 11.9 Å². The van der Waals surface area contributed by atoms with Crippen molar-refractivity contribution in [2.24, 2.45) is 0 Å². The standard InChI is InChI=1S/C25H23FN6O2S/c26-19-3-1-2-17(12-19)15-32-22-5-4-20(13-18(22)14-28-32)30-25-24-23(6-9-31(24)29-16-27-25)34-21-7-10-35(33)11-8-21/h1-6,9,12-14,16,21H,7-8,10-11,15H2,(H,27,29,30). The summed E-state index contributed by atoms with van der Waals surface area (Å²) in [6.45, 7) is 0.486. The minimum Gasteiger partial charge on any atom is -0.616 e. The zero-order chi connectivity index (χ0) is 23.8. The number of ether oxygens (including phenoxy) is 1. The molecule has 1 aliphatic rings. The number of fused-ring (bicyclic) bond motifs is 2. The van der Waals surface area contributed by atoms with E-state index in [0.717, 1.165) is 40.5 Å². The maximum absolute atomic E-state index is 13.6. The van der Waals surface area contributed by atoms with E-state index in [2.05, 4.69) is 20.5 Å². The Kier molecular flexibility index (Phi) is 5.75. The summed E-state index contributed by atoms with van der Waals surface area (Å²) in [4.78, 5) is 4.46. The predicted octanol–water partition coefficient (Wildman–Crippen LogP) is 4.30. The highest BCUT2D eigenvalue weighted by Crippen LogP contribution is 2.31. The zero-order valence-corrected chi connectivity index (χ0v) is 19.6. The van der Waals surface area contributed by atoms with Crippen molar-refractivity contribution < 1.29 is 13.7 Å². The summed E-state index contributed by atoms with van der Waals surface area (Å²) in [6, 6.07) is 14.4. The third kappa shape index (κ3) is 4.54. The number of halogens is 1. The van der Waals surface area contributed by atoms with Crippen LogP contribution in [-0.4, -0.2) is 46.5 Å². The molecule has 0 aliphatic carbocycles. The number of hydrogen-bond acceptors (Lipinski definition) is 6. The van der Waals surface area contributed by atoms with Gasteiger partial charge in [-0.2, -0.15) is 10.2 Å². The molecule has 1 aliphatic heterocycles. The Morgan fingerprint density at radius 3 is 2.86 bits per heavy atom. The lowest BCUT2D eigenvalue weighted by atomic mass is 10.2. The van der Waals surface area contributed by atoms with Gasteiger partial charge in [0.2, 0.25) is 0 Å². The van der Waals surface area contributed by atoms with Crippen molar-refractivity contribution in [3.63, 3.8) is 0 Å². The minimum atomic E-state index is -0.736. The maximum atomic E-state index is 13.6. The van der Waals surface area contributed by atoms with Crippen molar-refractivity contribution in [3.05, 3.63) is 78.6 Å². The number of anilines is 2. The second kappa shape index (κ2) is 9.20. The van der Waals surface area contributed by atoms with E-state index in [1.165, 1.54) is 18.5 Å². The first-order valence-electron chi connectivity index (χ1n) is 11.4. The van der Waals surface area contributed by atoms with E-state index < -0.39 is 11.2 Å². The summed E-state index contributed by atoms with van der Waals surface area (Å²) in [7, 11) is 0. The van der Waals surface area contributed by atoms with E-state index in [0.29, 0.717) is 29.6 Å². The van der Waals surface area contributed by atoms with Crippen LogP contribution in [0.5, 0.6) is 5.75 Å². The van der Waals surface area contributed by atoms with E-state index >= 15 is 0 Å². The monoisotopic (exact) mass is 490 g/mol. The van der Waals surface area contributed by atoms with Gasteiger partial charge in [-0.05, 0) is 35.9 Å². The first kappa shape index (κ1) is 21.9. The average Bonchev–Trinajstić information content (AvgIpc) is 3.45. The van der Waals surface area contributed by atoms with Gasteiger partial charge < -0.3 is 14.6 Å². The van der Waals surface area contributed by atoms with Crippen LogP contribution in [0.3, 0.4) is 0 Å². The molecule has 1 fully saturated rings. The van der Waals surface area contributed by atoms with Crippen molar-refractivity contribution in [1.82, 2.24) is 24.4 Å². The molecule has 6 rings (SSSR count). The van der Waals surface area contributed by atoms with Crippen LogP contribution in [-0.2, 0) is 17.7 Å². The predicted molar refractivity (Wildman–Crippen MR) is 133 cm³/mol. The fraction of sp³-hybridized carbons (Fsp3) is 0.240. The van der Waals surface area contributed by atoms with Gasteiger partial charge in [-0.1, -0.05) is 23.3 Å². The Morgan fingerprint density at radius 2 is 2.00 bits per heavy atom. The number of hydrogen-bond donors (Lipinski definition) is 1. The maximum Gasteiger partial charge on any atom is 0.162 e. The Bertz CT molecular complexity index is 1490. The Labute approximate surface area is 203 Å². The molecule has 1 N–H and O–H groups in total. The largest absolute Gasteiger partial charge is 0.616 e. The average molecular weight is 491 g/mol. The summed E-state index contributed by atoms with van der Waals surface area (Å²) >= 11 is -0.736. The number of nitrogens with one attached hydrogen (secondary N) is 1. The van der Waals surface area contributed by atoms with Crippen molar-refractivity contribution in [1.29, 1.82) is 0 Å². The summed E-state index contributed by atoms with van der Waals surface area (Å²) in [5.74, 6) is 2.42. The third-order valence-corrected chi connectivity index (χ3v) is 7.55. The van der Waals surface area contributed by atoms with Gasteiger partial charge in [-0.25, -0.2) is 13.9 Å². The van der Waals surface area contributed by atoms with Gasteiger partial charge in [0, 0.05) is 36.2 Å². The quantitative estimate of drug-likeness (QED) is 0.357. The Morgan fingerprint density at radius 1 is 1.11 bits per heavy atom. The minimum absolute atomic E-state index is 0.0345. The highest BCUT2D eigenvalue weighted by Gasteiger charge is 2.24. The molecule has 0 unspecified atom stereocenters. The Balaban J connectivity index is 1.25. The molecule has 8 nitrogen and oxygen atoms in total. The molecule has 0 amide bonds. The summed E-state index contributed by atoms with van der Waals surface area (Å²) < 4.78 is 35.1. The van der Waals surface area contributed by atoms with Crippen LogP contribution in [0.4, 0.5) is 15.9 Å². The second-order valence-corrected chi connectivity index (χ2v) is 10.3. The van der Waals surface area contributed by atoms with Crippen LogP contribution in [0, 0.1) is 5.82 Å². The van der Waals surface area contributed by atoms with Crippen LogP contribution in [0.1, 0.15) is 18.4 Å². The van der Waals surface area contributed by atoms with Crippen LogP contribution in [0.25, 0.3) is 16.4 Å². The molecule has 0 radical (unpaired) electrons. The van der Waals surface area contributed by atoms with E-state index in [1.807, 2.05) is 41.2 Å². The molecule has 178 valence electrons. The zero-order valence-electron chi connectivity index (χ0n) is 18.8. The van der Waals surface area contributed by atoms with E-state index in [9.17, 15) is 8.94 Å². The van der Waals surface area contributed by atoms with Crippen molar-refractivity contribution in [2.45, 2.75) is 25.5 Å². The number of nitrogens with zero attached hydrogens (tertiary/aromatic N) is 5. The summed E-state index contributed by atoms with van der Waals surface area (Å²) in [5.41, 5.74) is 3.41. The highest BCUT2D eigenvalue weighted by molar-refractivity contribution is 7.91. The molecule has 5 aromatic rings. The molecule has 4 heterocycles. The van der Waals surface area contributed by atoms with E-state index in [1.54, 1.807) is 16.8 Å². The topological polar surface area (TPSA) is 92.3 Å². The van der Waals surface area contributed by atoms with Gasteiger partial charge in [0.05, 0.1) is 18.3 Å². The molecule has 3 aromatic heterocycles. The van der Waals surface area contributed by atoms with Gasteiger partial charge in [0.1, 0.15) is 35.3 Å². The van der Waals surface area contributed by atoms with Crippen LogP contribution in [0.2, 0.25) is 0 Å². The number of benzene rings is 2. The number of rotatable bonds is 6. The molecule has 0 spiro atoms. The molecule has 1 saturated heterocycles. The third-order valence-electron chi connectivity index (χ3n) is 6.17. The summed E-state index contributed by atoms with van der Waals surface area (Å²) in [6.07, 6.45) is 6.73. The lowest BCUT2D eigenvalue weighted by Gasteiger charge is -2.24. The van der Waals surface area contributed by atoms with Crippen LogP contribution >= 0.6 is 0 Å². The molecule has 10 heteroatoms. The number of aromatic nitrogens is 5. The normalized spacial score (nSPS) is 18.2. The first-order chi connectivity index (χ1) is 17.1. The van der Waals surface area contributed by atoms with Crippen molar-refractivity contribution in [2.75, 3.05) is 16.8 Å². The lowest BCUT2D eigenvalue weighted by molar-refractivity contribution is 0.192.